The number of alkyl halides is 3. The minimum Gasteiger partial charge on any atom is -0.367 e. The number of hydrogen-bond donors (Lipinski definition) is 2. The molecule has 1 heterocycles. The number of guanidine groups is 1. The summed E-state index contributed by atoms with van der Waals surface area (Å²) in [6, 6.07) is 7.32. The highest BCUT2D eigenvalue weighted by Gasteiger charge is 2.27. The van der Waals surface area contributed by atoms with E-state index in [1.54, 1.807) is 13.1 Å². The van der Waals surface area contributed by atoms with Gasteiger partial charge in [-0.2, -0.15) is 24.9 Å². The van der Waals surface area contributed by atoms with Crippen LogP contribution in [0.2, 0.25) is 0 Å². The van der Waals surface area contributed by atoms with E-state index < -0.39 is 12.8 Å². The molecule has 8 heteroatoms. The highest BCUT2D eigenvalue weighted by atomic mass is 32.2. The van der Waals surface area contributed by atoms with E-state index >= 15 is 0 Å². The van der Waals surface area contributed by atoms with Gasteiger partial charge in [0.1, 0.15) is 6.61 Å². The molecule has 0 radical (unpaired) electrons. The summed E-state index contributed by atoms with van der Waals surface area (Å²) in [5, 5.41) is 7.17. The van der Waals surface area contributed by atoms with Crippen LogP contribution in [0, 0.1) is 0 Å². The first-order valence-electron chi connectivity index (χ1n) is 8.25. The van der Waals surface area contributed by atoms with Crippen LogP contribution in [0.3, 0.4) is 0 Å². The monoisotopic (exact) mass is 375 g/mol. The minimum atomic E-state index is -4.30. The predicted molar refractivity (Wildman–Crippen MR) is 95.8 cm³/mol. The second kappa shape index (κ2) is 9.91. The highest BCUT2D eigenvalue weighted by molar-refractivity contribution is 8.00. The van der Waals surface area contributed by atoms with E-state index in [4.69, 9.17) is 4.74 Å². The largest absolute Gasteiger partial charge is 0.411 e. The maximum absolute atomic E-state index is 12.1. The molecule has 0 spiro atoms. The van der Waals surface area contributed by atoms with Crippen LogP contribution >= 0.6 is 11.8 Å². The van der Waals surface area contributed by atoms with Gasteiger partial charge in [0.15, 0.2) is 5.96 Å². The summed E-state index contributed by atoms with van der Waals surface area (Å²) in [5.41, 5.74) is 1.68. The topological polar surface area (TPSA) is 45.7 Å². The van der Waals surface area contributed by atoms with Crippen molar-refractivity contribution in [1.82, 2.24) is 10.6 Å². The molecular weight excluding hydrogens is 351 g/mol. The Bertz CT molecular complexity index is 560. The van der Waals surface area contributed by atoms with Crippen LogP contribution in [-0.4, -0.2) is 43.3 Å². The third kappa shape index (κ3) is 8.00. The lowest BCUT2D eigenvalue weighted by Crippen LogP contribution is -2.39. The molecule has 1 aromatic rings. The van der Waals surface area contributed by atoms with Gasteiger partial charge in [0.2, 0.25) is 0 Å². The van der Waals surface area contributed by atoms with Gasteiger partial charge in [0, 0.05) is 25.4 Å². The van der Waals surface area contributed by atoms with Gasteiger partial charge < -0.3 is 15.4 Å². The molecule has 140 valence electrons. The van der Waals surface area contributed by atoms with Gasteiger partial charge >= 0.3 is 6.18 Å². The molecule has 0 aliphatic carbocycles. The number of rotatable bonds is 7. The summed E-state index contributed by atoms with van der Waals surface area (Å²) in [7, 11) is 1.72. The third-order valence-corrected chi connectivity index (χ3v) is 5.13. The lowest BCUT2D eigenvalue weighted by atomic mass is 10.1. The summed E-state index contributed by atoms with van der Waals surface area (Å²) < 4.78 is 41.0. The summed E-state index contributed by atoms with van der Waals surface area (Å²) in [6.45, 7) is 0.144. The lowest BCUT2D eigenvalue weighted by Gasteiger charge is -2.15. The predicted octanol–water partition coefficient (Wildman–Crippen LogP) is 3.33. The summed E-state index contributed by atoms with van der Waals surface area (Å²) in [6.07, 6.45) is -1.80. The van der Waals surface area contributed by atoms with Crippen LogP contribution in [0.4, 0.5) is 13.2 Å². The van der Waals surface area contributed by atoms with Crippen LogP contribution in [0.5, 0.6) is 0 Å². The second-order valence-electron chi connectivity index (χ2n) is 5.87. The first-order chi connectivity index (χ1) is 12.0. The Morgan fingerprint density at radius 2 is 2.12 bits per heavy atom. The molecule has 1 aliphatic heterocycles. The maximum Gasteiger partial charge on any atom is 0.411 e. The van der Waals surface area contributed by atoms with Gasteiger partial charge in [-0.15, -0.1) is 0 Å². The van der Waals surface area contributed by atoms with Crippen molar-refractivity contribution in [3.8, 4) is 0 Å². The van der Waals surface area contributed by atoms with E-state index in [-0.39, 0.29) is 6.61 Å². The second-order valence-corrected chi connectivity index (χ2v) is 7.28. The molecule has 2 N–H and O–H groups in total. The molecule has 0 bridgehead atoms. The van der Waals surface area contributed by atoms with E-state index in [0.717, 1.165) is 18.1 Å². The van der Waals surface area contributed by atoms with Crippen molar-refractivity contribution in [1.29, 1.82) is 0 Å². The van der Waals surface area contributed by atoms with E-state index in [9.17, 15) is 13.2 Å². The van der Waals surface area contributed by atoms with Crippen LogP contribution in [0.15, 0.2) is 29.3 Å². The van der Waals surface area contributed by atoms with Crippen molar-refractivity contribution in [3.63, 3.8) is 0 Å². The Kier molecular flexibility index (Phi) is 7.90. The maximum atomic E-state index is 12.1. The van der Waals surface area contributed by atoms with Gasteiger partial charge in [-0.1, -0.05) is 24.3 Å². The van der Waals surface area contributed by atoms with E-state index in [0.29, 0.717) is 17.4 Å². The number of hydrogen-bond acceptors (Lipinski definition) is 3. The van der Waals surface area contributed by atoms with Gasteiger partial charge in [-0.3, -0.25) is 4.99 Å². The average Bonchev–Trinajstić information content (AvgIpc) is 3.08. The van der Waals surface area contributed by atoms with E-state index in [1.165, 1.54) is 18.6 Å². The quantitative estimate of drug-likeness (QED) is 0.567. The zero-order valence-electron chi connectivity index (χ0n) is 14.2. The zero-order chi connectivity index (χ0) is 18.1. The van der Waals surface area contributed by atoms with Crippen molar-refractivity contribution < 1.29 is 17.9 Å². The van der Waals surface area contributed by atoms with Gasteiger partial charge in [0.25, 0.3) is 0 Å². The summed E-state index contributed by atoms with van der Waals surface area (Å²) in [4.78, 5) is 4.20. The molecule has 1 atom stereocenters. The standard InChI is InChI=1S/C17H24F3N3OS/c1-21-16(23-10-15-6-3-7-25-15)22-9-13-4-2-5-14(8-13)11-24-12-17(18,19)20/h2,4-5,8,15H,3,6-7,9-12H2,1H3,(H2,21,22,23). The molecule has 1 aromatic carbocycles. The fourth-order valence-electron chi connectivity index (χ4n) is 2.54. The smallest absolute Gasteiger partial charge is 0.367 e. The average molecular weight is 375 g/mol. The molecule has 2 rings (SSSR count). The number of aliphatic imine (C=N–C) groups is 1. The molecule has 0 saturated carbocycles. The fraction of sp³-hybridized carbons (Fsp3) is 0.588. The van der Waals surface area contributed by atoms with Crippen molar-refractivity contribution in [3.05, 3.63) is 35.4 Å². The lowest BCUT2D eigenvalue weighted by molar-refractivity contribution is -0.176. The number of thioether (sulfide) groups is 1. The van der Waals surface area contributed by atoms with Crippen molar-refractivity contribution in [2.45, 2.75) is 37.4 Å². The Labute approximate surface area is 150 Å². The number of benzene rings is 1. The van der Waals surface area contributed by atoms with Crippen molar-refractivity contribution in [2.75, 3.05) is 26.0 Å². The first kappa shape index (κ1) is 19.9. The van der Waals surface area contributed by atoms with Crippen LogP contribution in [0.1, 0.15) is 24.0 Å². The Balaban J connectivity index is 1.76. The normalized spacial score (nSPS) is 18.4. The van der Waals surface area contributed by atoms with Crippen LogP contribution < -0.4 is 10.6 Å². The molecule has 0 aromatic heterocycles. The van der Waals surface area contributed by atoms with Crippen molar-refractivity contribution >= 4 is 17.7 Å². The SMILES string of the molecule is CN=C(NCc1cccc(COCC(F)(F)F)c1)NCC1CCCS1. The van der Waals surface area contributed by atoms with E-state index in [1.807, 2.05) is 30.0 Å². The number of ether oxygens (including phenoxy) is 1. The number of nitrogens with one attached hydrogen (secondary N) is 2. The first-order valence-corrected chi connectivity index (χ1v) is 9.29. The molecule has 1 unspecified atom stereocenters. The molecule has 1 fully saturated rings. The summed E-state index contributed by atoms with van der Waals surface area (Å²) in [5.74, 6) is 1.95. The van der Waals surface area contributed by atoms with Crippen LogP contribution in [0.25, 0.3) is 0 Å². The molecule has 0 amide bonds. The Morgan fingerprint density at radius 3 is 2.80 bits per heavy atom. The van der Waals surface area contributed by atoms with E-state index in [2.05, 4.69) is 15.6 Å². The molecule has 4 nitrogen and oxygen atoms in total. The van der Waals surface area contributed by atoms with Gasteiger partial charge in [0.05, 0.1) is 6.61 Å². The molecular formula is C17H24F3N3OS. The number of halogens is 3. The van der Waals surface area contributed by atoms with Crippen LogP contribution in [-0.2, 0) is 17.9 Å². The third-order valence-electron chi connectivity index (χ3n) is 3.73. The van der Waals surface area contributed by atoms with Gasteiger partial charge in [-0.25, -0.2) is 0 Å². The minimum absolute atomic E-state index is 0.0563. The molecule has 25 heavy (non-hydrogen) atoms. The Morgan fingerprint density at radius 1 is 1.32 bits per heavy atom. The summed E-state index contributed by atoms with van der Waals surface area (Å²) >= 11 is 1.98. The molecule has 1 aliphatic rings. The highest BCUT2D eigenvalue weighted by Crippen LogP contribution is 2.25. The van der Waals surface area contributed by atoms with Crippen molar-refractivity contribution in [2.24, 2.45) is 4.99 Å². The van der Waals surface area contributed by atoms with Gasteiger partial charge in [-0.05, 0) is 29.7 Å². The zero-order valence-corrected chi connectivity index (χ0v) is 15.1. The molecule has 1 saturated heterocycles. The number of nitrogens with zero attached hydrogens (tertiary/aromatic N) is 1. The Hall–Kier alpha value is -1.41. The fourth-order valence-corrected chi connectivity index (χ4v) is 3.74.